The second-order valence-electron chi connectivity index (χ2n) is 2.29. The lowest BCUT2D eigenvalue weighted by molar-refractivity contribution is 1.18. The van der Waals surface area contributed by atoms with E-state index in [1.54, 1.807) is 4.88 Å². The average molecular weight is 155 g/mol. The first-order valence-electron chi connectivity index (χ1n) is 3.58. The minimum absolute atomic E-state index is 0.954. The lowest BCUT2D eigenvalue weighted by Crippen LogP contribution is -1.69. The van der Waals surface area contributed by atoms with Crippen molar-refractivity contribution in [3.8, 4) is 0 Å². The highest BCUT2D eigenvalue weighted by atomic mass is 32.1. The lowest BCUT2D eigenvalue weighted by Gasteiger charge is -1.82. The fourth-order valence-electron chi connectivity index (χ4n) is 0.891. The van der Waals surface area contributed by atoms with E-state index in [1.165, 1.54) is 19.9 Å². The molecule has 10 heavy (non-hydrogen) atoms. The van der Waals surface area contributed by atoms with Crippen LogP contribution in [0.15, 0.2) is 17.5 Å². The van der Waals surface area contributed by atoms with Crippen LogP contribution in [0, 0.1) is 0 Å². The van der Waals surface area contributed by atoms with Crippen LogP contribution in [-0.2, 0) is 0 Å². The molecule has 0 amide bonds. The van der Waals surface area contributed by atoms with E-state index in [0.717, 1.165) is 5.92 Å². The van der Waals surface area contributed by atoms with Gasteiger partial charge in [-0.2, -0.15) is 0 Å². The number of nitrogens with two attached hydrogens (primary N) is 1. The molecular formula is C8H13NS. The van der Waals surface area contributed by atoms with E-state index in [-0.39, 0.29) is 0 Å². The third-order valence-electron chi connectivity index (χ3n) is 1.52. The summed E-state index contributed by atoms with van der Waals surface area (Å²) in [6.07, 6.45) is 2.86. The summed E-state index contributed by atoms with van der Waals surface area (Å²) in [5.41, 5.74) is 4.50. The van der Waals surface area contributed by atoms with Crippen molar-refractivity contribution in [2.45, 2.75) is 18.8 Å². The molecule has 1 heterocycles. The Kier molecular flexibility index (Phi) is 2.90. The van der Waals surface area contributed by atoms with E-state index in [4.69, 9.17) is 0 Å². The minimum Gasteiger partial charge on any atom is -0.333 e. The zero-order valence-electron chi connectivity index (χ0n) is 6.21. The topological polar surface area (TPSA) is 26.0 Å². The number of rotatable bonds is 1. The van der Waals surface area contributed by atoms with Gasteiger partial charge in [-0.25, -0.2) is 0 Å². The molecule has 0 spiro atoms. The summed E-state index contributed by atoms with van der Waals surface area (Å²) in [5.74, 6) is 0.954. The number of hydrogen-bond acceptors (Lipinski definition) is 2. The zero-order valence-corrected chi connectivity index (χ0v) is 7.03. The van der Waals surface area contributed by atoms with Crippen LogP contribution in [0.3, 0.4) is 0 Å². The first kappa shape index (κ1) is 7.76. The summed E-state index contributed by atoms with van der Waals surface area (Å²) in [7, 11) is 1.50. The largest absolute Gasteiger partial charge is 0.333 e. The smallest absolute Gasteiger partial charge is 0.00761 e. The molecular weight excluding hydrogens is 142 g/mol. The molecule has 1 aromatic heterocycles. The maximum absolute atomic E-state index is 4.50. The van der Waals surface area contributed by atoms with Gasteiger partial charge in [0.2, 0.25) is 0 Å². The molecule has 1 nitrogen and oxygen atoms in total. The minimum atomic E-state index is 0.954. The van der Waals surface area contributed by atoms with Crippen LogP contribution in [0.25, 0.3) is 0 Å². The second-order valence-corrected chi connectivity index (χ2v) is 3.27. The van der Waals surface area contributed by atoms with E-state index >= 15 is 0 Å². The van der Waals surface area contributed by atoms with Crippen LogP contribution in [0.5, 0.6) is 0 Å². The molecule has 0 saturated heterocycles. The molecule has 1 saturated carbocycles. The van der Waals surface area contributed by atoms with E-state index in [2.05, 4.69) is 23.2 Å². The number of hydrogen-bond donors (Lipinski definition) is 1. The van der Waals surface area contributed by atoms with Crippen molar-refractivity contribution in [1.29, 1.82) is 0 Å². The van der Waals surface area contributed by atoms with Crippen LogP contribution >= 0.6 is 11.3 Å². The predicted molar refractivity (Wildman–Crippen MR) is 46.4 cm³/mol. The van der Waals surface area contributed by atoms with E-state index < -0.39 is 0 Å². The molecule has 2 rings (SSSR count). The first-order valence-corrected chi connectivity index (χ1v) is 4.46. The van der Waals surface area contributed by atoms with Crippen molar-refractivity contribution in [3.63, 3.8) is 0 Å². The van der Waals surface area contributed by atoms with Gasteiger partial charge in [-0.1, -0.05) is 6.07 Å². The lowest BCUT2D eigenvalue weighted by atomic mass is 10.3. The maximum atomic E-state index is 4.50. The van der Waals surface area contributed by atoms with Crippen LogP contribution in [0.4, 0.5) is 0 Å². The van der Waals surface area contributed by atoms with E-state index in [9.17, 15) is 0 Å². The Morgan fingerprint density at radius 1 is 1.50 bits per heavy atom. The Bertz CT molecular complexity index is 165. The van der Waals surface area contributed by atoms with Crippen molar-refractivity contribution in [3.05, 3.63) is 22.4 Å². The predicted octanol–water partition coefficient (Wildman–Crippen LogP) is 2.20. The molecule has 2 heteroatoms. The fourth-order valence-corrected chi connectivity index (χ4v) is 1.79. The molecule has 1 aliphatic carbocycles. The summed E-state index contributed by atoms with van der Waals surface area (Å²) in [6.45, 7) is 0. The van der Waals surface area contributed by atoms with E-state index in [0.29, 0.717) is 0 Å². The molecule has 0 aliphatic heterocycles. The Balaban J connectivity index is 0.000000231. The summed E-state index contributed by atoms with van der Waals surface area (Å²) >= 11 is 1.89. The maximum Gasteiger partial charge on any atom is 0.00761 e. The van der Waals surface area contributed by atoms with Crippen LogP contribution in [0.2, 0.25) is 0 Å². The molecule has 1 aliphatic rings. The summed E-state index contributed by atoms with van der Waals surface area (Å²) in [4.78, 5) is 1.59. The van der Waals surface area contributed by atoms with Gasteiger partial charge in [0.1, 0.15) is 0 Å². The highest BCUT2D eigenvalue weighted by molar-refractivity contribution is 7.10. The fraction of sp³-hybridized carbons (Fsp3) is 0.500. The average Bonchev–Trinajstić information content (AvgIpc) is 2.72. The molecule has 1 fully saturated rings. The molecule has 0 aromatic carbocycles. The monoisotopic (exact) mass is 155 g/mol. The summed E-state index contributed by atoms with van der Waals surface area (Å²) in [5, 5.41) is 2.16. The van der Waals surface area contributed by atoms with Gasteiger partial charge < -0.3 is 5.73 Å². The highest BCUT2D eigenvalue weighted by Gasteiger charge is 2.23. The summed E-state index contributed by atoms with van der Waals surface area (Å²) in [6, 6.07) is 4.38. The van der Waals surface area contributed by atoms with Crippen molar-refractivity contribution in [1.82, 2.24) is 0 Å². The third-order valence-corrected chi connectivity index (χ3v) is 2.56. The van der Waals surface area contributed by atoms with Gasteiger partial charge in [0.15, 0.2) is 0 Å². The van der Waals surface area contributed by atoms with Crippen LogP contribution in [0.1, 0.15) is 23.6 Å². The highest BCUT2D eigenvalue weighted by Crippen LogP contribution is 2.41. The Hall–Kier alpha value is -0.340. The van der Waals surface area contributed by atoms with Gasteiger partial charge in [-0.3, -0.25) is 0 Å². The SMILES string of the molecule is CN.c1csc(C2CC2)c1. The van der Waals surface area contributed by atoms with Gasteiger partial charge >= 0.3 is 0 Å². The second kappa shape index (κ2) is 3.74. The van der Waals surface area contributed by atoms with Crippen LogP contribution in [-0.4, -0.2) is 7.05 Å². The van der Waals surface area contributed by atoms with Crippen molar-refractivity contribution >= 4 is 11.3 Å². The molecule has 0 bridgehead atoms. The van der Waals surface area contributed by atoms with Crippen molar-refractivity contribution < 1.29 is 0 Å². The van der Waals surface area contributed by atoms with Crippen molar-refractivity contribution in [2.24, 2.45) is 5.73 Å². The molecule has 0 atom stereocenters. The van der Waals surface area contributed by atoms with Gasteiger partial charge in [-0.15, -0.1) is 11.3 Å². The normalized spacial score (nSPS) is 15.8. The molecule has 1 aromatic rings. The quantitative estimate of drug-likeness (QED) is 0.661. The summed E-state index contributed by atoms with van der Waals surface area (Å²) < 4.78 is 0. The van der Waals surface area contributed by atoms with Gasteiger partial charge in [-0.05, 0) is 37.3 Å². The molecule has 2 N–H and O–H groups in total. The Labute approximate surface area is 65.9 Å². The Morgan fingerprint density at radius 2 is 2.20 bits per heavy atom. The van der Waals surface area contributed by atoms with Gasteiger partial charge in [0.25, 0.3) is 0 Å². The van der Waals surface area contributed by atoms with Crippen LogP contribution < -0.4 is 5.73 Å². The molecule has 0 radical (unpaired) electrons. The molecule has 56 valence electrons. The van der Waals surface area contributed by atoms with Gasteiger partial charge in [0, 0.05) is 4.88 Å². The van der Waals surface area contributed by atoms with Gasteiger partial charge in [0.05, 0.1) is 0 Å². The first-order chi connectivity index (χ1) is 4.97. The number of thiophene rings is 1. The molecule has 0 unspecified atom stereocenters. The van der Waals surface area contributed by atoms with Crippen molar-refractivity contribution in [2.75, 3.05) is 7.05 Å². The third kappa shape index (κ3) is 1.82. The Morgan fingerprint density at radius 3 is 2.60 bits per heavy atom. The zero-order chi connectivity index (χ0) is 7.40. The standard InChI is InChI=1S/C7H8S.CH5N/c1-2-7(8-5-1)6-3-4-6;1-2/h1-2,5-6H,3-4H2;2H2,1H3. The van der Waals surface area contributed by atoms with E-state index in [1.807, 2.05) is 11.3 Å².